The molecule has 0 heterocycles. The van der Waals surface area contributed by atoms with E-state index in [2.05, 4.69) is 11.9 Å². The number of hydrogen-bond donors (Lipinski definition) is 1. The monoisotopic (exact) mass is 243 g/mol. The van der Waals surface area contributed by atoms with Gasteiger partial charge in [0, 0.05) is 5.57 Å². The fraction of sp³-hybridized carbons (Fsp3) is 0.769. The molecule has 0 atom stereocenters. The van der Waals surface area contributed by atoms with Crippen LogP contribution in [0.25, 0.3) is 0 Å². The third-order valence-corrected chi connectivity index (χ3v) is 1.80. The molecule has 4 heteroatoms. The Morgan fingerprint density at radius 1 is 1.12 bits per heavy atom. The third kappa shape index (κ3) is 8.89. The van der Waals surface area contributed by atoms with Crippen LogP contribution in [0.15, 0.2) is 12.2 Å². The summed E-state index contributed by atoms with van der Waals surface area (Å²) in [5.74, 6) is 0.534. The molecule has 0 saturated heterocycles. The van der Waals surface area contributed by atoms with Crippen LogP contribution in [0.3, 0.4) is 0 Å². The molecule has 0 aromatic rings. The molecular weight excluding hydrogens is 218 g/mol. The standard InChI is InChI=1S/C13H25NO3/c1-9(2)7-16-13(17-8-10(3)4)14-12(15)11(5)6/h9-10,13H,5,7-8H2,1-4,6H3,(H,14,15). The van der Waals surface area contributed by atoms with Gasteiger partial charge in [-0.15, -0.1) is 0 Å². The van der Waals surface area contributed by atoms with E-state index in [0.29, 0.717) is 30.6 Å². The van der Waals surface area contributed by atoms with Crippen molar-refractivity contribution >= 4 is 5.91 Å². The minimum absolute atomic E-state index is 0.248. The lowest BCUT2D eigenvalue weighted by atomic mass is 10.2. The fourth-order valence-corrected chi connectivity index (χ4v) is 0.921. The fourth-order valence-electron chi connectivity index (χ4n) is 0.921. The number of carbonyl (C=O) groups excluding carboxylic acids is 1. The molecule has 0 aromatic heterocycles. The minimum atomic E-state index is -0.691. The van der Waals surface area contributed by atoms with Gasteiger partial charge >= 0.3 is 0 Å². The third-order valence-electron chi connectivity index (χ3n) is 1.80. The molecule has 0 rings (SSSR count). The van der Waals surface area contributed by atoms with Crippen molar-refractivity contribution in [1.82, 2.24) is 5.32 Å². The van der Waals surface area contributed by atoms with Crippen molar-refractivity contribution in [1.29, 1.82) is 0 Å². The van der Waals surface area contributed by atoms with Crippen molar-refractivity contribution < 1.29 is 14.3 Å². The Bertz CT molecular complexity index is 237. The first kappa shape index (κ1) is 16.1. The van der Waals surface area contributed by atoms with Gasteiger partial charge in [0.05, 0.1) is 13.2 Å². The second-order valence-electron chi connectivity index (χ2n) is 5.04. The Balaban J connectivity index is 4.19. The highest BCUT2D eigenvalue weighted by Gasteiger charge is 2.14. The van der Waals surface area contributed by atoms with Crippen LogP contribution in [-0.4, -0.2) is 25.5 Å². The Morgan fingerprint density at radius 2 is 1.53 bits per heavy atom. The number of hydrogen-bond acceptors (Lipinski definition) is 3. The van der Waals surface area contributed by atoms with Gasteiger partial charge < -0.3 is 14.8 Å². The van der Waals surface area contributed by atoms with Crippen LogP contribution in [-0.2, 0) is 14.3 Å². The molecule has 100 valence electrons. The molecule has 1 N–H and O–H groups in total. The van der Waals surface area contributed by atoms with E-state index in [4.69, 9.17) is 9.47 Å². The molecule has 0 aromatic carbocycles. The summed E-state index contributed by atoms with van der Waals surface area (Å²) >= 11 is 0. The summed E-state index contributed by atoms with van der Waals surface area (Å²) in [6.07, 6.45) is -0.691. The normalized spacial score (nSPS) is 11.3. The summed E-state index contributed by atoms with van der Waals surface area (Å²) in [6, 6.07) is 0. The number of nitrogens with one attached hydrogen (secondary N) is 1. The van der Waals surface area contributed by atoms with Crippen LogP contribution in [0, 0.1) is 11.8 Å². The van der Waals surface area contributed by atoms with Gasteiger partial charge in [0.1, 0.15) is 0 Å². The van der Waals surface area contributed by atoms with E-state index < -0.39 is 6.41 Å². The lowest BCUT2D eigenvalue weighted by Gasteiger charge is -2.21. The average Bonchev–Trinajstić information content (AvgIpc) is 2.21. The SMILES string of the molecule is C=C(C)C(=O)NC(OCC(C)C)OCC(C)C. The minimum Gasteiger partial charge on any atom is -0.335 e. The molecule has 0 bridgehead atoms. The second kappa shape index (κ2) is 8.25. The first-order valence-corrected chi connectivity index (χ1v) is 6.02. The summed E-state index contributed by atoms with van der Waals surface area (Å²) in [4.78, 5) is 11.5. The summed E-state index contributed by atoms with van der Waals surface area (Å²) in [7, 11) is 0. The van der Waals surface area contributed by atoms with Crippen molar-refractivity contribution in [2.45, 2.75) is 41.0 Å². The largest absolute Gasteiger partial charge is 0.335 e. The first-order valence-electron chi connectivity index (χ1n) is 6.02. The number of ether oxygens (including phenoxy) is 2. The molecule has 0 spiro atoms. The zero-order chi connectivity index (χ0) is 13.4. The van der Waals surface area contributed by atoms with E-state index in [-0.39, 0.29) is 5.91 Å². The summed E-state index contributed by atoms with van der Waals surface area (Å²) in [6.45, 7) is 14.5. The Hall–Kier alpha value is -0.870. The van der Waals surface area contributed by atoms with E-state index in [1.165, 1.54) is 0 Å². The molecular formula is C13H25NO3. The van der Waals surface area contributed by atoms with Crippen molar-refractivity contribution in [3.63, 3.8) is 0 Å². The molecule has 0 saturated carbocycles. The topological polar surface area (TPSA) is 47.6 Å². The zero-order valence-electron chi connectivity index (χ0n) is 11.6. The van der Waals surface area contributed by atoms with Gasteiger partial charge in [0.25, 0.3) is 0 Å². The Kier molecular flexibility index (Phi) is 7.83. The molecule has 0 aliphatic rings. The second-order valence-corrected chi connectivity index (χ2v) is 5.04. The molecule has 0 aliphatic heterocycles. The predicted molar refractivity (Wildman–Crippen MR) is 68.3 cm³/mol. The maximum absolute atomic E-state index is 11.5. The van der Waals surface area contributed by atoms with E-state index in [1.807, 2.05) is 27.7 Å². The molecule has 1 amide bonds. The zero-order valence-corrected chi connectivity index (χ0v) is 11.6. The maximum atomic E-state index is 11.5. The van der Waals surface area contributed by atoms with Crippen molar-refractivity contribution in [3.8, 4) is 0 Å². The van der Waals surface area contributed by atoms with E-state index in [0.717, 1.165) is 0 Å². The molecule has 0 fully saturated rings. The number of rotatable bonds is 8. The summed E-state index contributed by atoms with van der Waals surface area (Å²) < 4.78 is 11.0. The summed E-state index contributed by atoms with van der Waals surface area (Å²) in [5.41, 5.74) is 0.441. The average molecular weight is 243 g/mol. The van der Waals surface area contributed by atoms with Crippen molar-refractivity contribution in [2.24, 2.45) is 11.8 Å². The number of carbonyl (C=O) groups is 1. The van der Waals surface area contributed by atoms with E-state index in [9.17, 15) is 4.79 Å². The lowest BCUT2D eigenvalue weighted by Crippen LogP contribution is -2.40. The Morgan fingerprint density at radius 3 is 1.82 bits per heavy atom. The van der Waals surface area contributed by atoms with Crippen LogP contribution in [0.2, 0.25) is 0 Å². The first-order chi connectivity index (χ1) is 7.82. The van der Waals surface area contributed by atoms with Gasteiger partial charge in [0.15, 0.2) is 0 Å². The van der Waals surface area contributed by atoms with Gasteiger partial charge in [-0.05, 0) is 18.8 Å². The van der Waals surface area contributed by atoms with Crippen LogP contribution in [0.1, 0.15) is 34.6 Å². The number of amides is 1. The van der Waals surface area contributed by atoms with Crippen molar-refractivity contribution in [2.75, 3.05) is 13.2 Å². The van der Waals surface area contributed by atoms with Gasteiger partial charge in [-0.2, -0.15) is 0 Å². The molecule has 17 heavy (non-hydrogen) atoms. The van der Waals surface area contributed by atoms with Crippen LogP contribution in [0.4, 0.5) is 0 Å². The van der Waals surface area contributed by atoms with Gasteiger partial charge in [-0.25, -0.2) is 0 Å². The van der Waals surface area contributed by atoms with Crippen molar-refractivity contribution in [3.05, 3.63) is 12.2 Å². The van der Waals surface area contributed by atoms with Crippen LogP contribution < -0.4 is 5.32 Å². The highest BCUT2D eigenvalue weighted by atomic mass is 16.7. The van der Waals surface area contributed by atoms with Gasteiger partial charge in [-0.1, -0.05) is 34.3 Å². The molecule has 0 unspecified atom stereocenters. The molecule has 4 nitrogen and oxygen atoms in total. The van der Waals surface area contributed by atoms with Gasteiger partial charge in [0.2, 0.25) is 12.3 Å². The maximum Gasteiger partial charge on any atom is 0.250 e. The molecule has 0 aliphatic carbocycles. The highest BCUT2D eigenvalue weighted by molar-refractivity contribution is 5.92. The van der Waals surface area contributed by atoms with E-state index >= 15 is 0 Å². The predicted octanol–water partition coefficient (Wildman–Crippen LogP) is 2.31. The Labute approximate surface area is 104 Å². The van der Waals surface area contributed by atoms with Crippen LogP contribution >= 0.6 is 0 Å². The van der Waals surface area contributed by atoms with Crippen LogP contribution in [0.5, 0.6) is 0 Å². The smallest absolute Gasteiger partial charge is 0.250 e. The quantitative estimate of drug-likeness (QED) is 0.525. The highest BCUT2D eigenvalue weighted by Crippen LogP contribution is 2.02. The van der Waals surface area contributed by atoms with E-state index in [1.54, 1.807) is 6.92 Å². The summed E-state index contributed by atoms with van der Waals surface area (Å²) in [5, 5.41) is 2.64. The molecule has 0 radical (unpaired) electrons. The lowest BCUT2D eigenvalue weighted by molar-refractivity contribution is -0.176. The van der Waals surface area contributed by atoms with Gasteiger partial charge in [-0.3, -0.25) is 4.79 Å².